The van der Waals surface area contributed by atoms with Crippen molar-refractivity contribution in [1.29, 1.82) is 5.26 Å². The van der Waals surface area contributed by atoms with Crippen molar-refractivity contribution in [2.45, 2.75) is 20.3 Å². The predicted octanol–water partition coefficient (Wildman–Crippen LogP) is 1.81. The molecule has 21 heavy (non-hydrogen) atoms. The molecule has 2 N–H and O–H groups in total. The molecule has 6 heteroatoms. The van der Waals surface area contributed by atoms with Crippen molar-refractivity contribution in [1.82, 2.24) is 10.6 Å². The van der Waals surface area contributed by atoms with Crippen LogP contribution in [0.3, 0.4) is 0 Å². The van der Waals surface area contributed by atoms with Crippen LogP contribution in [0.4, 0.5) is 4.79 Å². The van der Waals surface area contributed by atoms with Gasteiger partial charge in [-0.25, -0.2) is 4.79 Å². The highest BCUT2D eigenvalue weighted by molar-refractivity contribution is 5.94. The van der Waals surface area contributed by atoms with Gasteiger partial charge in [0.25, 0.3) is 5.91 Å². The van der Waals surface area contributed by atoms with E-state index in [1.54, 1.807) is 24.3 Å². The minimum absolute atomic E-state index is 0.260. The SMILES string of the molecule is CC(C)CCNC(=O)NC(=O)COc1ccc(C#N)cc1. The Hall–Kier alpha value is -2.55. The Morgan fingerprint density at radius 2 is 1.95 bits per heavy atom. The summed E-state index contributed by atoms with van der Waals surface area (Å²) in [4.78, 5) is 22.9. The van der Waals surface area contributed by atoms with E-state index in [1.165, 1.54) is 0 Å². The molecule has 0 atom stereocenters. The first-order valence-corrected chi connectivity index (χ1v) is 6.72. The molecule has 0 aliphatic heterocycles. The minimum atomic E-state index is -0.526. The fraction of sp³-hybridized carbons (Fsp3) is 0.400. The van der Waals surface area contributed by atoms with E-state index in [0.717, 1.165) is 6.42 Å². The third-order valence-electron chi connectivity index (χ3n) is 2.61. The number of nitriles is 1. The average Bonchev–Trinajstić information content (AvgIpc) is 2.45. The molecule has 0 aromatic heterocycles. The fourth-order valence-corrected chi connectivity index (χ4v) is 1.46. The van der Waals surface area contributed by atoms with Gasteiger partial charge in [0.15, 0.2) is 6.61 Å². The molecule has 0 aliphatic rings. The summed E-state index contributed by atoms with van der Waals surface area (Å²) in [5.41, 5.74) is 0.510. The summed E-state index contributed by atoms with van der Waals surface area (Å²) >= 11 is 0. The molecule has 1 rings (SSSR count). The Morgan fingerprint density at radius 1 is 1.29 bits per heavy atom. The van der Waals surface area contributed by atoms with Crippen LogP contribution in [0.25, 0.3) is 0 Å². The van der Waals surface area contributed by atoms with Gasteiger partial charge in [0.1, 0.15) is 5.75 Å². The molecule has 0 saturated heterocycles. The lowest BCUT2D eigenvalue weighted by atomic mass is 10.1. The fourth-order valence-electron chi connectivity index (χ4n) is 1.46. The predicted molar refractivity (Wildman–Crippen MR) is 77.6 cm³/mol. The smallest absolute Gasteiger partial charge is 0.321 e. The van der Waals surface area contributed by atoms with E-state index in [4.69, 9.17) is 10.00 Å². The van der Waals surface area contributed by atoms with Gasteiger partial charge in [-0.05, 0) is 36.6 Å². The number of imide groups is 1. The first kappa shape index (κ1) is 16.5. The highest BCUT2D eigenvalue weighted by atomic mass is 16.5. The molecule has 0 saturated carbocycles. The summed E-state index contributed by atoms with van der Waals surface area (Å²) in [6.45, 7) is 4.36. The van der Waals surface area contributed by atoms with Crippen molar-refractivity contribution >= 4 is 11.9 Å². The van der Waals surface area contributed by atoms with Gasteiger partial charge in [0.05, 0.1) is 11.6 Å². The third kappa shape index (κ3) is 6.97. The monoisotopic (exact) mass is 289 g/mol. The van der Waals surface area contributed by atoms with Crippen LogP contribution in [0, 0.1) is 17.2 Å². The molecular weight excluding hydrogens is 270 g/mol. The van der Waals surface area contributed by atoms with Crippen molar-refractivity contribution in [3.63, 3.8) is 0 Å². The van der Waals surface area contributed by atoms with Crippen molar-refractivity contribution in [2.24, 2.45) is 5.92 Å². The largest absolute Gasteiger partial charge is 0.484 e. The summed E-state index contributed by atoms with van der Waals surface area (Å²) in [7, 11) is 0. The Morgan fingerprint density at radius 3 is 2.52 bits per heavy atom. The van der Waals surface area contributed by atoms with Gasteiger partial charge in [0.2, 0.25) is 0 Å². The van der Waals surface area contributed by atoms with Gasteiger partial charge in [0, 0.05) is 6.54 Å². The number of amides is 3. The number of hydrogen-bond donors (Lipinski definition) is 2. The maximum atomic E-state index is 11.5. The van der Waals surface area contributed by atoms with Crippen molar-refractivity contribution in [2.75, 3.05) is 13.2 Å². The number of carbonyl (C=O) groups excluding carboxylic acids is 2. The quantitative estimate of drug-likeness (QED) is 0.835. The number of rotatable bonds is 6. The zero-order valence-electron chi connectivity index (χ0n) is 12.2. The van der Waals surface area contributed by atoms with Crippen LogP contribution < -0.4 is 15.4 Å². The van der Waals surface area contributed by atoms with Gasteiger partial charge >= 0.3 is 6.03 Å². The van der Waals surface area contributed by atoms with Gasteiger partial charge in [-0.1, -0.05) is 13.8 Å². The third-order valence-corrected chi connectivity index (χ3v) is 2.61. The van der Waals surface area contributed by atoms with Crippen LogP contribution in [-0.2, 0) is 4.79 Å². The second-order valence-corrected chi connectivity index (χ2v) is 4.91. The molecule has 0 radical (unpaired) electrons. The molecule has 0 aliphatic carbocycles. The lowest BCUT2D eigenvalue weighted by Gasteiger charge is -2.09. The second kappa shape index (κ2) is 8.59. The number of nitrogens with one attached hydrogen (secondary N) is 2. The Balaban J connectivity index is 2.27. The number of carbonyl (C=O) groups is 2. The molecule has 112 valence electrons. The molecular formula is C15H19N3O3. The molecule has 0 unspecified atom stereocenters. The van der Waals surface area contributed by atoms with Crippen LogP contribution in [-0.4, -0.2) is 25.1 Å². The second-order valence-electron chi connectivity index (χ2n) is 4.91. The highest BCUT2D eigenvalue weighted by Gasteiger charge is 2.08. The molecule has 3 amide bonds. The topological polar surface area (TPSA) is 91.2 Å². The van der Waals surface area contributed by atoms with E-state index in [1.807, 2.05) is 6.07 Å². The van der Waals surface area contributed by atoms with Gasteiger partial charge < -0.3 is 10.1 Å². The Kier molecular flexibility index (Phi) is 6.75. The molecule has 1 aromatic rings. The summed E-state index contributed by atoms with van der Waals surface area (Å²) in [5.74, 6) is 0.423. The summed E-state index contributed by atoms with van der Waals surface area (Å²) in [6.07, 6.45) is 0.851. The molecule has 0 heterocycles. The zero-order chi connectivity index (χ0) is 15.7. The molecule has 6 nitrogen and oxygen atoms in total. The lowest BCUT2D eigenvalue weighted by molar-refractivity contribution is -0.122. The number of nitrogens with zero attached hydrogens (tertiary/aromatic N) is 1. The standard InChI is InChI=1S/C15H19N3O3/c1-11(2)7-8-17-15(20)18-14(19)10-21-13-5-3-12(9-16)4-6-13/h3-6,11H,7-8,10H2,1-2H3,(H2,17,18,19,20). The number of hydrogen-bond acceptors (Lipinski definition) is 4. The van der Waals surface area contributed by atoms with Gasteiger partial charge in [-0.2, -0.15) is 5.26 Å². The Labute approximate surface area is 124 Å². The van der Waals surface area contributed by atoms with E-state index >= 15 is 0 Å². The normalized spacial score (nSPS) is 9.81. The van der Waals surface area contributed by atoms with E-state index in [-0.39, 0.29) is 6.61 Å². The molecule has 0 spiro atoms. The van der Waals surface area contributed by atoms with Crippen LogP contribution in [0.2, 0.25) is 0 Å². The first-order chi connectivity index (χ1) is 10.0. The van der Waals surface area contributed by atoms with E-state index in [9.17, 15) is 9.59 Å². The van der Waals surface area contributed by atoms with Crippen molar-refractivity contribution in [3.05, 3.63) is 29.8 Å². The molecule has 1 aromatic carbocycles. The summed E-state index contributed by atoms with van der Waals surface area (Å²) < 4.78 is 5.21. The number of ether oxygens (including phenoxy) is 1. The van der Waals surface area contributed by atoms with Crippen LogP contribution >= 0.6 is 0 Å². The highest BCUT2D eigenvalue weighted by Crippen LogP contribution is 2.11. The van der Waals surface area contributed by atoms with E-state index < -0.39 is 11.9 Å². The molecule has 0 fully saturated rings. The van der Waals surface area contributed by atoms with E-state index in [0.29, 0.717) is 23.8 Å². The maximum absolute atomic E-state index is 11.5. The summed E-state index contributed by atoms with van der Waals surface area (Å²) in [6, 6.07) is 7.82. The van der Waals surface area contributed by atoms with Gasteiger partial charge in [-0.3, -0.25) is 10.1 Å². The van der Waals surface area contributed by atoms with E-state index in [2.05, 4.69) is 24.5 Å². The van der Waals surface area contributed by atoms with Crippen LogP contribution in [0.5, 0.6) is 5.75 Å². The Bertz CT molecular complexity index is 518. The zero-order valence-corrected chi connectivity index (χ0v) is 12.2. The van der Waals surface area contributed by atoms with Gasteiger partial charge in [-0.15, -0.1) is 0 Å². The van der Waals surface area contributed by atoms with Crippen molar-refractivity contribution < 1.29 is 14.3 Å². The summed E-state index contributed by atoms with van der Waals surface area (Å²) in [5, 5.41) is 13.4. The number of urea groups is 1. The number of benzene rings is 1. The average molecular weight is 289 g/mol. The minimum Gasteiger partial charge on any atom is -0.484 e. The van der Waals surface area contributed by atoms with Crippen molar-refractivity contribution in [3.8, 4) is 11.8 Å². The van der Waals surface area contributed by atoms with Crippen LogP contribution in [0.1, 0.15) is 25.8 Å². The maximum Gasteiger partial charge on any atom is 0.321 e. The van der Waals surface area contributed by atoms with Crippen LogP contribution in [0.15, 0.2) is 24.3 Å². The first-order valence-electron chi connectivity index (χ1n) is 6.72. The molecule has 0 bridgehead atoms. The lowest BCUT2D eigenvalue weighted by Crippen LogP contribution is -2.42.